The number of sulfone groups is 1. The molecule has 0 aliphatic carbocycles. The molecule has 1 aliphatic rings. The summed E-state index contributed by atoms with van der Waals surface area (Å²) in [5.74, 6) is -0.642. The maximum Gasteiger partial charge on any atom is 0.272 e. The highest BCUT2D eigenvalue weighted by Gasteiger charge is 2.29. The van der Waals surface area contributed by atoms with Crippen LogP contribution in [0.2, 0.25) is 5.02 Å². The maximum atomic E-state index is 13.1. The van der Waals surface area contributed by atoms with E-state index < -0.39 is 27.6 Å². The molecule has 3 rings (SSSR count). The molecule has 7 nitrogen and oxygen atoms in total. The van der Waals surface area contributed by atoms with E-state index in [1.807, 2.05) is 0 Å². The molecule has 1 aromatic carbocycles. The second-order valence-electron chi connectivity index (χ2n) is 5.63. The second kappa shape index (κ2) is 6.93. The number of halogens is 2. The van der Waals surface area contributed by atoms with Gasteiger partial charge in [0.1, 0.15) is 5.82 Å². The van der Waals surface area contributed by atoms with Crippen LogP contribution in [0.5, 0.6) is 0 Å². The Kier molecular flexibility index (Phi) is 4.87. The van der Waals surface area contributed by atoms with Gasteiger partial charge in [-0.2, -0.15) is 0 Å². The second-order valence-corrected chi connectivity index (χ2v) is 8.27. The van der Waals surface area contributed by atoms with Crippen LogP contribution in [0.25, 0.3) is 0 Å². The first-order chi connectivity index (χ1) is 11.8. The van der Waals surface area contributed by atoms with Crippen LogP contribution in [-0.4, -0.2) is 42.1 Å². The highest BCUT2D eigenvalue weighted by molar-refractivity contribution is 7.91. The number of rotatable bonds is 4. The van der Waals surface area contributed by atoms with Gasteiger partial charge in [0.15, 0.2) is 21.3 Å². The van der Waals surface area contributed by atoms with Crippen LogP contribution in [0.1, 0.15) is 16.9 Å². The molecule has 2 N–H and O–H groups in total. The zero-order valence-corrected chi connectivity index (χ0v) is 14.4. The number of nitrogens with one attached hydrogen (secondary N) is 2. The third-order valence-corrected chi connectivity index (χ3v) is 5.71. The Labute approximate surface area is 148 Å². The summed E-state index contributed by atoms with van der Waals surface area (Å²) in [6, 6.07) is 6.70. The van der Waals surface area contributed by atoms with Crippen LogP contribution in [0.3, 0.4) is 0 Å². The fourth-order valence-electron chi connectivity index (χ4n) is 2.41. The normalized spacial score (nSPS) is 18.7. The lowest BCUT2D eigenvalue weighted by molar-refractivity contribution is 0.0935. The Bertz CT molecular complexity index is 905. The van der Waals surface area contributed by atoms with Crippen molar-refractivity contribution in [1.29, 1.82) is 0 Å². The molecule has 2 heterocycles. The molecule has 1 saturated heterocycles. The molecule has 132 valence electrons. The van der Waals surface area contributed by atoms with Gasteiger partial charge in [0.05, 0.1) is 16.5 Å². The number of carbonyl (C=O) groups excluding carboxylic acids is 1. The van der Waals surface area contributed by atoms with E-state index in [2.05, 4.69) is 20.8 Å². The van der Waals surface area contributed by atoms with Crippen molar-refractivity contribution in [2.45, 2.75) is 12.5 Å². The molecule has 0 saturated carbocycles. The lowest BCUT2D eigenvalue weighted by Gasteiger charge is -2.10. The molecule has 1 unspecified atom stereocenters. The van der Waals surface area contributed by atoms with E-state index >= 15 is 0 Å². The Balaban J connectivity index is 1.63. The third kappa shape index (κ3) is 4.43. The average Bonchev–Trinajstić information content (AvgIpc) is 2.90. The summed E-state index contributed by atoms with van der Waals surface area (Å²) in [5, 5.41) is 13.2. The van der Waals surface area contributed by atoms with E-state index in [4.69, 9.17) is 11.6 Å². The zero-order chi connectivity index (χ0) is 18.0. The Hall–Kier alpha value is -2.26. The van der Waals surface area contributed by atoms with Gasteiger partial charge in [0.2, 0.25) is 0 Å². The van der Waals surface area contributed by atoms with E-state index in [0.717, 1.165) is 0 Å². The molecular formula is C15H14ClFN4O3S. The predicted octanol–water partition coefficient (Wildman–Crippen LogP) is 1.93. The average molecular weight is 385 g/mol. The summed E-state index contributed by atoms with van der Waals surface area (Å²) in [7, 11) is -3.07. The minimum absolute atomic E-state index is 0.0273. The van der Waals surface area contributed by atoms with Crippen LogP contribution in [-0.2, 0) is 9.84 Å². The fourth-order valence-corrected chi connectivity index (χ4v) is 4.26. The summed E-state index contributed by atoms with van der Waals surface area (Å²) >= 11 is 5.70. The van der Waals surface area contributed by atoms with Crippen molar-refractivity contribution in [2.75, 3.05) is 16.8 Å². The largest absolute Gasteiger partial charge is 0.347 e. The molecule has 2 aromatic rings. The lowest BCUT2D eigenvalue weighted by atomic mass is 10.2. The highest BCUT2D eigenvalue weighted by Crippen LogP contribution is 2.21. The van der Waals surface area contributed by atoms with Crippen molar-refractivity contribution < 1.29 is 17.6 Å². The van der Waals surface area contributed by atoms with Gasteiger partial charge in [-0.15, -0.1) is 10.2 Å². The van der Waals surface area contributed by atoms with Crippen molar-refractivity contribution in [3.05, 3.63) is 46.9 Å². The molecule has 0 radical (unpaired) electrons. The quantitative estimate of drug-likeness (QED) is 0.835. The first-order valence-electron chi connectivity index (χ1n) is 7.39. The molecule has 1 atom stereocenters. The van der Waals surface area contributed by atoms with Crippen molar-refractivity contribution in [3.63, 3.8) is 0 Å². The number of hydrogen-bond donors (Lipinski definition) is 2. The first kappa shape index (κ1) is 17.6. The fraction of sp³-hybridized carbons (Fsp3) is 0.267. The monoisotopic (exact) mass is 384 g/mol. The summed E-state index contributed by atoms with van der Waals surface area (Å²) in [6.45, 7) is 0. The first-order valence-corrected chi connectivity index (χ1v) is 9.59. The molecule has 25 heavy (non-hydrogen) atoms. The van der Waals surface area contributed by atoms with Gasteiger partial charge >= 0.3 is 0 Å². The zero-order valence-electron chi connectivity index (χ0n) is 12.9. The van der Waals surface area contributed by atoms with Gasteiger partial charge in [-0.1, -0.05) is 11.6 Å². The summed E-state index contributed by atoms with van der Waals surface area (Å²) in [6.07, 6.45) is 0.395. The van der Waals surface area contributed by atoms with Crippen molar-refractivity contribution >= 4 is 38.9 Å². The molecular weight excluding hydrogens is 371 g/mol. The topological polar surface area (TPSA) is 101 Å². The van der Waals surface area contributed by atoms with E-state index in [9.17, 15) is 17.6 Å². The minimum Gasteiger partial charge on any atom is -0.347 e. The van der Waals surface area contributed by atoms with Crippen molar-refractivity contribution in [3.8, 4) is 0 Å². The van der Waals surface area contributed by atoms with Crippen molar-refractivity contribution in [2.24, 2.45) is 0 Å². The number of aromatic nitrogens is 2. The van der Waals surface area contributed by atoms with Gasteiger partial charge < -0.3 is 10.6 Å². The smallest absolute Gasteiger partial charge is 0.272 e. The molecule has 1 aliphatic heterocycles. The summed E-state index contributed by atoms with van der Waals surface area (Å²) < 4.78 is 35.9. The molecule has 1 fully saturated rings. The summed E-state index contributed by atoms with van der Waals surface area (Å²) in [5.41, 5.74) is 0.598. The van der Waals surface area contributed by atoms with E-state index in [0.29, 0.717) is 17.9 Å². The number of benzene rings is 1. The van der Waals surface area contributed by atoms with E-state index in [1.54, 1.807) is 0 Å². The lowest BCUT2D eigenvalue weighted by Crippen LogP contribution is -2.36. The van der Waals surface area contributed by atoms with Crippen LogP contribution in [0.15, 0.2) is 30.3 Å². The van der Waals surface area contributed by atoms with Crippen LogP contribution >= 0.6 is 11.6 Å². The Morgan fingerprint density at radius 2 is 2.04 bits per heavy atom. The van der Waals surface area contributed by atoms with Gasteiger partial charge in [-0.05, 0) is 36.8 Å². The van der Waals surface area contributed by atoms with Gasteiger partial charge in [0, 0.05) is 11.7 Å². The SMILES string of the molecule is O=C(NC1CCS(=O)(=O)C1)c1ccc(Nc2ccc(F)c(Cl)c2)nn1. The standard InChI is InChI=1S/C15H14ClFN4O3S/c16-11-7-9(1-2-12(11)17)18-14-4-3-13(20-21-14)15(22)19-10-5-6-25(23,24)8-10/h1-4,7,10H,5-6,8H2,(H,18,21)(H,19,22). The molecule has 1 aromatic heterocycles. The van der Waals surface area contributed by atoms with Gasteiger partial charge in [0.25, 0.3) is 5.91 Å². The van der Waals surface area contributed by atoms with Crippen LogP contribution < -0.4 is 10.6 Å². The summed E-state index contributed by atoms with van der Waals surface area (Å²) in [4.78, 5) is 12.1. The highest BCUT2D eigenvalue weighted by atomic mass is 35.5. The van der Waals surface area contributed by atoms with Crippen LogP contribution in [0, 0.1) is 5.82 Å². The van der Waals surface area contributed by atoms with E-state index in [-0.39, 0.29) is 22.2 Å². The van der Waals surface area contributed by atoms with Gasteiger partial charge in [-0.3, -0.25) is 4.79 Å². The molecule has 0 spiro atoms. The number of hydrogen-bond acceptors (Lipinski definition) is 6. The van der Waals surface area contributed by atoms with Crippen LogP contribution in [0.4, 0.5) is 15.9 Å². The van der Waals surface area contributed by atoms with Gasteiger partial charge in [-0.25, -0.2) is 12.8 Å². The number of carbonyl (C=O) groups is 1. The molecule has 1 amide bonds. The maximum absolute atomic E-state index is 13.1. The number of nitrogens with zero attached hydrogens (tertiary/aromatic N) is 2. The predicted molar refractivity (Wildman–Crippen MR) is 91.2 cm³/mol. The Morgan fingerprint density at radius 3 is 2.64 bits per heavy atom. The third-order valence-electron chi connectivity index (χ3n) is 3.66. The number of anilines is 2. The number of amides is 1. The minimum atomic E-state index is -3.07. The Morgan fingerprint density at radius 1 is 1.24 bits per heavy atom. The van der Waals surface area contributed by atoms with E-state index in [1.165, 1.54) is 30.3 Å². The molecule has 0 bridgehead atoms. The molecule has 10 heteroatoms. The van der Waals surface area contributed by atoms with Crippen molar-refractivity contribution in [1.82, 2.24) is 15.5 Å².